The van der Waals surface area contributed by atoms with Gasteiger partial charge in [-0.15, -0.1) is 0 Å². The summed E-state index contributed by atoms with van der Waals surface area (Å²) < 4.78 is 5.62. The summed E-state index contributed by atoms with van der Waals surface area (Å²) in [5, 5.41) is 6.21. The minimum Gasteiger partial charge on any atom is -0.489 e. The van der Waals surface area contributed by atoms with Gasteiger partial charge in [0.25, 0.3) is 5.91 Å². The first-order valence-electron chi connectivity index (χ1n) is 7.57. The van der Waals surface area contributed by atoms with Crippen LogP contribution < -0.4 is 15.4 Å². The number of amides is 1. The molecule has 0 atom stereocenters. The number of hydrogen-bond donors (Lipinski definition) is 2. The Bertz CT molecular complexity index is 488. The molecule has 5 nitrogen and oxygen atoms in total. The second-order valence-corrected chi connectivity index (χ2v) is 5.64. The second kappa shape index (κ2) is 7.31. The Labute approximate surface area is 126 Å². The number of para-hydroxylation sites is 1. The Hall–Kier alpha value is -1.75. The molecule has 5 heteroatoms. The molecule has 0 unspecified atom stereocenters. The smallest absolute Gasteiger partial charge is 0.255 e. The molecule has 0 bridgehead atoms. The zero-order chi connectivity index (χ0) is 15.2. The molecule has 1 aromatic carbocycles. The van der Waals surface area contributed by atoms with Gasteiger partial charge in [0, 0.05) is 19.1 Å². The van der Waals surface area contributed by atoms with Gasteiger partial charge in [0.15, 0.2) is 5.75 Å². The molecule has 1 amide bonds. The van der Waals surface area contributed by atoms with Crippen LogP contribution in [0.5, 0.6) is 5.75 Å². The van der Waals surface area contributed by atoms with E-state index in [1.807, 2.05) is 12.1 Å². The van der Waals surface area contributed by atoms with Crippen molar-refractivity contribution in [2.75, 3.05) is 38.6 Å². The van der Waals surface area contributed by atoms with Gasteiger partial charge >= 0.3 is 0 Å². The average Bonchev–Trinajstić information content (AvgIpc) is 2.50. The molecule has 1 heterocycles. The Morgan fingerprint density at radius 2 is 2.29 bits per heavy atom. The molecule has 0 spiro atoms. The van der Waals surface area contributed by atoms with Crippen LogP contribution in [-0.4, -0.2) is 50.1 Å². The van der Waals surface area contributed by atoms with Crippen molar-refractivity contribution in [3.8, 4) is 5.75 Å². The third-order valence-electron chi connectivity index (χ3n) is 3.78. The monoisotopic (exact) mass is 291 g/mol. The largest absolute Gasteiger partial charge is 0.489 e. The van der Waals surface area contributed by atoms with Gasteiger partial charge in [0.1, 0.15) is 6.61 Å². The van der Waals surface area contributed by atoms with E-state index in [-0.39, 0.29) is 5.91 Å². The van der Waals surface area contributed by atoms with Crippen LogP contribution in [0.25, 0.3) is 0 Å². The lowest BCUT2D eigenvalue weighted by atomic mass is 10.1. The zero-order valence-corrected chi connectivity index (χ0v) is 13.1. The maximum Gasteiger partial charge on any atom is 0.255 e. The van der Waals surface area contributed by atoms with Crippen molar-refractivity contribution in [1.29, 1.82) is 0 Å². The average molecular weight is 291 g/mol. The lowest BCUT2D eigenvalue weighted by Crippen LogP contribution is -2.32. The molecule has 0 saturated heterocycles. The van der Waals surface area contributed by atoms with Crippen LogP contribution in [0, 0.1) is 0 Å². The van der Waals surface area contributed by atoms with E-state index in [0.717, 1.165) is 25.2 Å². The van der Waals surface area contributed by atoms with Crippen molar-refractivity contribution in [3.05, 3.63) is 23.8 Å². The molecule has 0 fully saturated rings. The Balaban J connectivity index is 1.87. The fourth-order valence-electron chi connectivity index (χ4n) is 2.23. The molecule has 0 saturated carbocycles. The fraction of sp³-hybridized carbons (Fsp3) is 0.562. The van der Waals surface area contributed by atoms with Crippen LogP contribution in [0.2, 0.25) is 0 Å². The molecule has 21 heavy (non-hydrogen) atoms. The Kier molecular flexibility index (Phi) is 5.44. The highest BCUT2D eigenvalue weighted by Gasteiger charge is 2.18. The quantitative estimate of drug-likeness (QED) is 0.787. The number of carbonyl (C=O) groups excluding carboxylic acids is 1. The van der Waals surface area contributed by atoms with Crippen LogP contribution in [0.4, 0.5) is 5.69 Å². The van der Waals surface area contributed by atoms with Crippen molar-refractivity contribution in [2.45, 2.75) is 26.3 Å². The van der Waals surface area contributed by atoms with Gasteiger partial charge in [-0.1, -0.05) is 6.07 Å². The molecule has 116 valence electrons. The number of fused-ring (bicyclic) bond motifs is 1. The van der Waals surface area contributed by atoms with E-state index in [4.69, 9.17) is 4.74 Å². The molecule has 1 aromatic rings. The number of carbonyl (C=O) groups is 1. The number of anilines is 1. The summed E-state index contributed by atoms with van der Waals surface area (Å²) in [5.74, 6) is 0.600. The number of rotatable bonds is 6. The zero-order valence-electron chi connectivity index (χ0n) is 13.1. The summed E-state index contributed by atoms with van der Waals surface area (Å²) in [6.45, 7) is 7.35. The summed E-state index contributed by atoms with van der Waals surface area (Å²) >= 11 is 0. The molecule has 2 N–H and O–H groups in total. The summed E-state index contributed by atoms with van der Waals surface area (Å²) in [6.07, 6.45) is 0.939. The van der Waals surface area contributed by atoms with Crippen molar-refractivity contribution in [3.63, 3.8) is 0 Å². The number of nitrogens with one attached hydrogen (secondary N) is 2. The molecule has 1 aliphatic rings. The normalized spacial score (nSPS) is 13.6. The third-order valence-corrected chi connectivity index (χ3v) is 3.78. The summed E-state index contributed by atoms with van der Waals surface area (Å²) in [5.41, 5.74) is 1.50. The van der Waals surface area contributed by atoms with E-state index in [0.29, 0.717) is 30.5 Å². The topological polar surface area (TPSA) is 53.6 Å². The maximum atomic E-state index is 12.3. The molecule has 0 aliphatic carbocycles. The van der Waals surface area contributed by atoms with Gasteiger partial charge in [0.05, 0.1) is 11.3 Å². The molecular weight excluding hydrogens is 266 g/mol. The summed E-state index contributed by atoms with van der Waals surface area (Å²) in [4.78, 5) is 14.5. The maximum absolute atomic E-state index is 12.3. The van der Waals surface area contributed by atoms with Crippen molar-refractivity contribution in [1.82, 2.24) is 10.2 Å². The summed E-state index contributed by atoms with van der Waals surface area (Å²) in [6, 6.07) is 6.15. The standard InChI is InChI=1S/C16H25N3O2/c1-12(2)19(3)10-5-8-18-16(20)13-6-4-7-14-15(13)21-11-9-17-14/h4,6-7,12,17H,5,8-11H2,1-3H3,(H,18,20). The van der Waals surface area contributed by atoms with E-state index in [1.54, 1.807) is 6.07 Å². The Morgan fingerprint density at radius 1 is 1.48 bits per heavy atom. The third kappa shape index (κ3) is 4.11. The highest BCUT2D eigenvalue weighted by atomic mass is 16.5. The van der Waals surface area contributed by atoms with Crippen molar-refractivity contribution in [2.24, 2.45) is 0 Å². The highest BCUT2D eigenvalue weighted by molar-refractivity contribution is 5.98. The first kappa shape index (κ1) is 15.6. The number of hydrogen-bond acceptors (Lipinski definition) is 4. The number of nitrogens with zero attached hydrogens (tertiary/aromatic N) is 1. The molecule has 0 aromatic heterocycles. The van der Waals surface area contributed by atoms with Crippen LogP contribution in [-0.2, 0) is 0 Å². The fourth-order valence-corrected chi connectivity index (χ4v) is 2.23. The van der Waals surface area contributed by atoms with Crippen LogP contribution in [0.3, 0.4) is 0 Å². The second-order valence-electron chi connectivity index (χ2n) is 5.64. The van der Waals surface area contributed by atoms with Crippen molar-refractivity contribution < 1.29 is 9.53 Å². The first-order chi connectivity index (χ1) is 10.1. The lowest BCUT2D eigenvalue weighted by Gasteiger charge is -2.22. The predicted octanol–water partition coefficient (Wildman–Crippen LogP) is 1.95. The van der Waals surface area contributed by atoms with Gasteiger partial charge in [-0.3, -0.25) is 4.79 Å². The van der Waals surface area contributed by atoms with Crippen LogP contribution in [0.1, 0.15) is 30.6 Å². The minimum atomic E-state index is -0.0669. The van der Waals surface area contributed by atoms with Gasteiger partial charge in [0.2, 0.25) is 0 Å². The molecule has 2 rings (SSSR count). The van der Waals surface area contributed by atoms with Gasteiger partial charge in [-0.25, -0.2) is 0 Å². The first-order valence-corrected chi connectivity index (χ1v) is 7.57. The molecular formula is C16H25N3O2. The SMILES string of the molecule is CC(C)N(C)CCCNC(=O)c1cccc2c1OCCN2. The Morgan fingerprint density at radius 3 is 3.05 bits per heavy atom. The molecule has 0 radical (unpaired) electrons. The van der Waals surface area contributed by atoms with Gasteiger partial charge in [-0.2, -0.15) is 0 Å². The van der Waals surface area contributed by atoms with E-state index in [1.165, 1.54) is 0 Å². The summed E-state index contributed by atoms with van der Waals surface area (Å²) in [7, 11) is 2.10. The highest BCUT2D eigenvalue weighted by Crippen LogP contribution is 2.30. The van der Waals surface area contributed by atoms with E-state index in [9.17, 15) is 4.79 Å². The van der Waals surface area contributed by atoms with Crippen LogP contribution >= 0.6 is 0 Å². The van der Waals surface area contributed by atoms with Crippen LogP contribution in [0.15, 0.2) is 18.2 Å². The van der Waals surface area contributed by atoms with E-state index < -0.39 is 0 Å². The number of ether oxygens (including phenoxy) is 1. The van der Waals surface area contributed by atoms with Crippen molar-refractivity contribution >= 4 is 11.6 Å². The van der Waals surface area contributed by atoms with Gasteiger partial charge in [-0.05, 0) is 46.0 Å². The number of benzene rings is 1. The van der Waals surface area contributed by atoms with Gasteiger partial charge < -0.3 is 20.3 Å². The van der Waals surface area contributed by atoms with E-state index >= 15 is 0 Å². The predicted molar refractivity (Wildman–Crippen MR) is 85.1 cm³/mol. The molecule has 1 aliphatic heterocycles. The minimum absolute atomic E-state index is 0.0669. The lowest BCUT2D eigenvalue weighted by molar-refractivity contribution is 0.0947. The van der Waals surface area contributed by atoms with E-state index in [2.05, 4.69) is 36.4 Å².